The molecular weight excluding hydrogens is 434 g/mol. The van der Waals surface area contributed by atoms with Gasteiger partial charge in [0.05, 0.1) is 6.54 Å². The van der Waals surface area contributed by atoms with Gasteiger partial charge in [0.15, 0.2) is 0 Å². The molecule has 0 spiro atoms. The molecule has 1 aliphatic heterocycles. The summed E-state index contributed by atoms with van der Waals surface area (Å²) < 4.78 is 5.54. The van der Waals surface area contributed by atoms with Crippen LogP contribution in [0.25, 0.3) is 11.1 Å². The van der Waals surface area contributed by atoms with Crippen LogP contribution < -0.4 is 5.32 Å². The van der Waals surface area contributed by atoms with E-state index in [1.54, 1.807) is 4.90 Å². The Morgan fingerprint density at radius 3 is 2.18 bits per heavy atom. The number of nitrogens with zero attached hydrogens (tertiary/aromatic N) is 2. The maximum atomic E-state index is 12.7. The summed E-state index contributed by atoms with van der Waals surface area (Å²) in [5.74, 6) is -1.05. The molecule has 1 atom stereocenters. The van der Waals surface area contributed by atoms with Crippen LogP contribution in [0.5, 0.6) is 0 Å². The maximum absolute atomic E-state index is 12.7. The van der Waals surface area contributed by atoms with Gasteiger partial charge in [0.1, 0.15) is 6.61 Å². The molecule has 0 bridgehead atoms. The fourth-order valence-electron chi connectivity index (χ4n) is 4.79. The van der Waals surface area contributed by atoms with Crippen molar-refractivity contribution in [3.63, 3.8) is 0 Å². The number of aliphatic carboxylic acids is 1. The van der Waals surface area contributed by atoms with Crippen molar-refractivity contribution in [2.45, 2.75) is 19.3 Å². The van der Waals surface area contributed by atoms with Gasteiger partial charge in [0.2, 0.25) is 5.91 Å². The van der Waals surface area contributed by atoms with E-state index in [9.17, 15) is 14.4 Å². The fourth-order valence-corrected chi connectivity index (χ4v) is 4.79. The Morgan fingerprint density at radius 2 is 1.59 bits per heavy atom. The summed E-state index contributed by atoms with van der Waals surface area (Å²) >= 11 is 0. The van der Waals surface area contributed by atoms with E-state index in [2.05, 4.69) is 29.6 Å². The SMILES string of the molecule is CC(CCNC(=O)OCC1c2ccccc2-c2ccccc21)C(=O)N1CCN(CC(=O)O)CC1. The number of rotatable bonds is 8. The highest BCUT2D eigenvalue weighted by atomic mass is 16.5. The first kappa shape index (κ1) is 23.8. The number of hydrogen-bond donors (Lipinski definition) is 2. The van der Waals surface area contributed by atoms with Crippen LogP contribution in [-0.4, -0.2) is 78.8 Å². The van der Waals surface area contributed by atoms with Gasteiger partial charge >= 0.3 is 12.1 Å². The van der Waals surface area contributed by atoms with Crippen molar-refractivity contribution in [1.82, 2.24) is 15.1 Å². The number of carboxylic acids is 1. The molecule has 8 nitrogen and oxygen atoms in total. The van der Waals surface area contributed by atoms with E-state index in [4.69, 9.17) is 9.84 Å². The van der Waals surface area contributed by atoms with Crippen molar-refractivity contribution in [2.24, 2.45) is 5.92 Å². The Morgan fingerprint density at radius 1 is 1.00 bits per heavy atom. The molecule has 0 radical (unpaired) electrons. The molecule has 1 fully saturated rings. The third kappa shape index (κ3) is 5.39. The van der Waals surface area contributed by atoms with Gasteiger partial charge in [-0.3, -0.25) is 14.5 Å². The van der Waals surface area contributed by atoms with Crippen LogP contribution in [0, 0.1) is 5.92 Å². The van der Waals surface area contributed by atoms with Crippen molar-refractivity contribution in [2.75, 3.05) is 45.9 Å². The average molecular weight is 466 g/mol. The minimum absolute atomic E-state index is 0.00163. The van der Waals surface area contributed by atoms with Crippen molar-refractivity contribution in [1.29, 1.82) is 0 Å². The van der Waals surface area contributed by atoms with Gasteiger partial charge in [-0.1, -0.05) is 55.5 Å². The summed E-state index contributed by atoms with van der Waals surface area (Å²) in [4.78, 5) is 39.4. The van der Waals surface area contributed by atoms with Gasteiger partial charge < -0.3 is 20.1 Å². The lowest BCUT2D eigenvalue weighted by atomic mass is 9.98. The minimum Gasteiger partial charge on any atom is -0.480 e. The molecule has 1 heterocycles. The van der Waals surface area contributed by atoms with Crippen LogP contribution in [0.1, 0.15) is 30.4 Å². The number of fused-ring (bicyclic) bond motifs is 3. The van der Waals surface area contributed by atoms with Crippen LogP contribution in [0.3, 0.4) is 0 Å². The third-order valence-corrected chi connectivity index (χ3v) is 6.65. The summed E-state index contributed by atoms with van der Waals surface area (Å²) in [7, 11) is 0. The zero-order chi connectivity index (χ0) is 24.1. The molecule has 2 amide bonds. The molecule has 1 saturated heterocycles. The fraction of sp³-hybridized carbons (Fsp3) is 0.423. The van der Waals surface area contributed by atoms with Gasteiger partial charge in [-0.2, -0.15) is 0 Å². The number of piperazine rings is 1. The number of carbonyl (C=O) groups is 3. The first-order valence-corrected chi connectivity index (χ1v) is 11.8. The van der Waals surface area contributed by atoms with E-state index in [0.717, 1.165) is 0 Å². The summed E-state index contributed by atoms with van der Waals surface area (Å²) in [5, 5.41) is 11.7. The predicted molar refractivity (Wildman–Crippen MR) is 128 cm³/mol. The normalized spacial score (nSPS) is 16.4. The standard InChI is InChI=1S/C26H31N3O5/c1-18(25(32)29-14-12-28(13-15-29)16-24(30)31)10-11-27-26(33)34-17-23-21-8-4-2-6-19(21)20-7-3-5-9-22(20)23/h2-9,18,23H,10-17H2,1H3,(H,27,33)(H,30,31). The molecule has 2 aromatic carbocycles. The summed E-state index contributed by atoms with van der Waals surface area (Å²) in [6.07, 6.45) is 0.0297. The van der Waals surface area contributed by atoms with E-state index in [1.807, 2.05) is 36.1 Å². The highest BCUT2D eigenvalue weighted by Crippen LogP contribution is 2.44. The second kappa shape index (κ2) is 10.7. The largest absolute Gasteiger partial charge is 0.480 e. The zero-order valence-corrected chi connectivity index (χ0v) is 19.4. The van der Waals surface area contributed by atoms with Crippen molar-refractivity contribution < 1.29 is 24.2 Å². The van der Waals surface area contributed by atoms with Crippen molar-refractivity contribution in [3.05, 3.63) is 59.7 Å². The minimum atomic E-state index is -0.854. The lowest BCUT2D eigenvalue weighted by Crippen LogP contribution is -2.51. The van der Waals surface area contributed by atoms with Crippen LogP contribution in [0.2, 0.25) is 0 Å². The third-order valence-electron chi connectivity index (χ3n) is 6.65. The molecule has 2 aromatic rings. The Bertz CT molecular complexity index is 1000. The second-order valence-corrected chi connectivity index (χ2v) is 8.94. The van der Waals surface area contributed by atoms with E-state index < -0.39 is 12.1 Å². The molecule has 4 rings (SSSR count). The first-order valence-electron chi connectivity index (χ1n) is 11.8. The highest BCUT2D eigenvalue weighted by molar-refractivity contribution is 5.79. The number of hydrogen-bond acceptors (Lipinski definition) is 5. The van der Waals surface area contributed by atoms with Crippen molar-refractivity contribution >= 4 is 18.0 Å². The molecule has 2 aliphatic rings. The van der Waals surface area contributed by atoms with Crippen molar-refractivity contribution in [3.8, 4) is 11.1 Å². The van der Waals surface area contributed by atoms with Crippen LogP contribution in [0.15, 0.2) is 48.5 Å². The Hall–Kier alpha value is -3.39. The first-order chi connectivity index (χ1) is 16.4. The van der Waals surface area contributed by atoms with Gasteiger partial charge in [-0.25, -0.2) is 4.79 Å². The molecule has 1 unspecified atom stereocenters. The Labute approximate surface area is 199 Å². The molecule has 34 heavy (non-hydrogen) atoms. The number of alkyl carbamates (subject to hydrolysis) is 1. The molecule has 1 aliphatic carbocycles. The van der Waals surface area contributed by atoms with Crippen LogP contribution >= 0.6 is 0 Å². The molecule has 0 aromatic heterocycles. The number of nitrogens with one attached hydrogen (secondary N) is 1. The monoisotopic (exact) mass is 465 g/mol. The van der Waals surface area contributed by atoms with Crippen LogP contribution in [0.4, 0.5) is 4.79 Å². The maximum Gasteiger partial charge on any atom is 0.407 e. The van der Waals surface area contributed by atoms with Crippen LogP contribution in [-0.2, 0) is 14.3 Å². The smallest absolute Gasteiger partial charge is 0.407 e. The molecule has 0 saturated carbocycles. The summed E-state index contributed by atoms with van der Waals surface area (Å²) in [6.45, 7) is 4.63. The highest BCUT2D eigenvalue weighted by Gasteiger charge is 2.29. The number of amides is 2. The number of ether oxygens (including phenoxy) is 1. The van der Waals surface area contributed by atoms with Gasteiger partial charge in [0, 0.05) is 44.6 Å². The van der Waals surface area contributed by atoms with E-state index in [0.29, 0.717) is 39.1 Å². The number of benzene rings is 2. The van der Waals surface area contributed by atoms with E-state index in [1.165, 1.54) is 22.3 Å². The average Bonchev–Trinajstić information content (AvgIpc) is 3.16. The topological polar surface area (TPSA) is 99.2 Å². The van der Waals surface area contributed by atoms with E-state index in [-0.39, 0.29) is 30.9 Å². The zero-order valence-electron chi connectivity index (χ0n) is 19.4. The van der Waals surface area contributed by atoms with Gasteiger partial charge in [-0.15, -0.1) is 0 Å². The Balaban J connectivity index is 1.20. The molecule has 180 valence electrons. The predicted octanol–water partition coefficient (Wildman–Crippen LogP) is 2.78. The van der Waals surface area contributed by atoms with Gasteiger partial charge in [-0.05, 0) is 28.7 Å². The molecule has 8 heteroatoms. The molecule has 2 N–H and O–H groups in total. The van der Waals surface area contributed by atoms with Gasteiger partial charge in [0.25, 0.3) is 0 Å². The lowest BCUT2D eigenvalue weighted by Gasteiger charge is -2.35. The summed E-state index contributed by atoms with van der Waals surface area (Å²) in [5.41, 5.74) is 4.70. The van der Waals surface area contributed by atoms with E-state index >= 15 is 0 Å². The lowest BCUT2D eigenvalue weighted by molar-refractivity contribution is -0.140. The summed E-state index contributed by atoms with van der Waals surface area (Å²) in [6, 6.07) is 16.4. The quantitative estimate of drug-likeness (QED) is 0.622. The second-order valence-electron chi connectivity index (χ2n) is 8.94. The number of carbonyl (C=O) groups excluding carboxylic acids is 2. The Kier molecular flexibility index (Phi) is 7.47. The number of carboxylic acid groups (broad SMARTS) is 1. The molecular formula is C26H31N3O5.